The van der Waals surface area contributed by atoms with Crippen LogP contribution in [0.4, 0.5) is 0 Å². The highest BCUT2D eigenvalue weighted by Gasteiger charge is 2.32. The van der Waals surface area contributed by atoms with Crippen LogP contribution in [0.1, 0.15) is 20.3 Å². The number of hydrogen-bond acceptors (Lipinski definition) is 2. The second-order valence-corrected chi connectivity index (χ2v) is 3.37. The summed E-state index contributed by atoms with van der Waals surface area (Å²) in [4.78, 5) is 10.7. The van der Waals surface area contributed by atoms with Gasteiger partial charge in [0.15, 0.2) is 0 Å². The van der Waals surface area contributed by atoms with Gasteiger partial charge in [0, 0.05) is 6.04 Å². The maximum Gasteiger partial charge on any atom is 0.308 e. The highest BCUT2D eigenvalue weighted by Crippen LogP contribution is 2.22. The van der Waals surface area contributed by atoms with Gasteiger partial charge >= 0.3 is 5.97 Å². The van der Waals surface area contributed by atoms with Gasteiger partial charge in [-0.2, -0.15) is 0 Å². The van der Waals surface area contributed by atoms with Crippen molar-refractivity contribution in [3.8, 4) is 0 Å². The Morgan fingerprint density at radius 3 is 2.55 bits per heavy atom. The van der Waals surface area contributed by atoms with Crippen LogP contribution in [0.3, 0.4) is 0 Å². The fraction of sp³-hybridized carbons (Fsp3) is 0.875. The van der Waals surface area contributed by atoms with Crippen LogP contribution in [0.2, 0.25) is 0 Å². The molecule has 3 nitrogen and oxygen atoms in total. The molecule has 1 saturated heterocycles. The summed E-state index contributed by atoms with van der Waals surface area (Å²) >= 11 is 0. The maximum atomic E-state index is 10.7. The SMILES string of the molecule is C[C@@H]1CCN[C@H](C)[C@@H]1C(=O)O. The average molecular weight is 157 g/mol. The third-order valence-corrected chi connectivity index (χ3v) is 2.50. The van der Waals surface area contributed by atoms with Crippen molar-refractivity contribution in [3.05, 3.63) is 0 Å². The molecule has 0 aromatic rings. The quantitative estimate of drug-likeness (QED) is 0.589. The lowest BCUT2D eigenvalue weighted by molar-refractivity contribution is -0.145. The molecule has 0 radical (unpaired) electrons. The highest BCUT2D eigenvalue weighted by molar-refractivity contribution is 5.71. The van der Waals surface area contributed by atoms with E-state index in [4.69, 9.17) is 5.11 Å². The molecule has 0 amide bonds. The van der Waals surface area contributed by atoms with Crippen LogP contribution < -0.4 is 5.32 Å². The molecule has 2 N–H and O–H groups in total. The first-order valence-corrected chi connectivity index (χ1v) is 4.09. The lowest BCUT2D eigenvalue weighted by Gasteiger charge is -2.32. The molecule has 1 heterocycles. The van der Waals surface area contributed by atoms with Gasteiger partial charge in [0.2, 0.25) is 0 Å². The molecule has 3 atom stereocenters. The van der Waals surface area contributed by atoms with Gasteiger partial charge in [-0.25, -0.2) is 0 Å². The van der Waals surface area contributed by atoms with Crippen molar-refractivity contribution in [2.75, 3.05) is 6.54 Å². The molecule has 1 fully saturated rings. The smallest absolute Gasteiger partial charge is 0.308 e. The summed E-state index contributed by atoms with van der Waals surface area (Å²) in [5, 5.41) is 12.0. The van der Waals surface area contributed by atoms with Crippen LogP contribution in [0.15, 0.2) is 0 Å². The molecule has 0 aromatic heterocycles. The van der Waals surface area contributed by atoms with Gasteiger partial charge in [-0.1, -0.05) is 6.92 Å². The topological polar surface area (TPSA) is 49.3 Å². The third-order valence-electron chi connectivity index (χ3n) is 2.50. The van der Waals surface area contributed by atoms with Gasteiger partial charge in [0.05, 0.1) is 5.92 Å². The fourth-order valence-electron chi connectivity index (χ4n) is 1.80. The summed E-state index contributed by atoms with van der Waals surface area (Å²) in [6.07, 6.45) is 0.974. The normalized spacial score (nSPS) is 38.5. The number of nitrogens with one attached hydrogen (secondary N) is 1. The Morgan fingerprint density at radius 1 is 1.55 bits per heavy atom. The van der Waals surface area contributed by atoms with Crippen LogP contribution >= 0.6 is 0 Å². The van der Waals surface area contributed by atoms with Crippen molar-refractivity contribution in [2.45, 2.75) is 26.3 Å². The molecule has 0 aromatic carbocycles. The summed E-state index contributed by atoms with van der Waals surface area (Å²) in [5.41, 5.74) is 0. The third kappa shape index (κ3) is 1.71. The predicted octanol–water partition coefficient (Wildman–Crippen LogP) is 0.705. The minimum absolute atomic E-state index is 0.122. The summed E-state index contributed by atoms with van der Waals surface area (Å²) in [7, 11) is 0. The largest absolute Gasteiger partial charge is 0.481 e. The predicted molar refractivity (Wildman–Crippen MR) is 42.4 cm³/mol. The molecule has 1 aliphatic rings. The molecule has 0 bridgehead atoms. The maximum absolute atomic E-state index is 10.7. The number of carboxylic acids is 1. The van der Waals surface area contributed by atoms with Crippen molar-refractivity contribution < 1.29 is 9.90 Å². The monoisotopic (exact) mass is 157 g/mol. The first-order valence-electron chi connectivity index (χ1n) is 4.09. The van der Waals surface area contributed by atoms with Gasteiger partial charge in [-0.3, -0.25) is 4.79 Å². The van der Waals surface area contributed by atoms with Gasteiger partial charge < -0.3 is 10.4 Å². The molecule has 1 aliphatic heterocycles. The van der Waals surface area contributed by atoms with Crippen molar-refractivity contribution in [1.82, 2.24) is 5.32 Å². The van der Waals surface area contributed by atoms with Gasteiger partial charge in [0.1, 0.15) is 0 Å². The first-order chi connectivity index (χ1) is 5.13. The zero-order valence-electron chi connectivity index (χ0n) is 7.00. The Kier molecular flexibility index (Phi) is 2.49. The van der Waals surface area contributed by atoms with E-state index in [1.165, 1.54) is 0 Å². The van der Waals surface area contributed by atoms with Crippen LogP contribution in [-0.2, 0) is 4.79 Å². The van der Waals surface area contributed by atoms with Crippen LogP contribution in [0.5, 0.6) is 0 Å². The van der Waals surface area contributed by atoms with E-state index in [0.717, 1.165) is 13.0 Å². The Hall–Kier alpha value is -0.570. The van der Waals surface area contributed by atoms with Gasteiger partial charge in [-0.05, 0) is 25.8 Å². The number of carboxylic acid groups (broad SMARTS) is 1. The molecule has 64 valence electrons. The molecule has 0 spiro atoms. The minimum atomic E-state index is -0.669. The van der Waals surface area contributed by atoms with E-state index in [1.54, 1.807) is 0 Å². The van der Waals surface area contributed by atoms with E-state index in [1.807, 2.05) is 13.8 Å². The lowest BCUT2D eigenvalue weighted by Crippen LogP contribution is -2.46. The molecule has 3 heteroatoms. The second kappa shape index (κ2) is 3.22. The van der Waals surface area contributed by atoms with Gasteiger partial charge in [-0.15, -0.1) is 0 Å². The first kappa shape index (κ1) is 8.53. The van der Waals surface area contributed by atoms with Crippen LogP contribution in [0.25, 0.3) is 0 Å². The summed E-state index contributed by atoms with van der Waals surface area (Å²) in [6.45, 7) is 4.90. The minimum Gasteiger partial charge on any atom is -0.481 e. The number of piperidine rings is 1. The van der Waals surface area contributed by atoms with E-state index >= 15 is 0 Å². The molecule has 0 unspecified atom stereocenters. The summed E-state index contributed by atoms with van der Waals surface area (Å²) in [5.74, 6) is -0.565. The van der Waals surface area contributed by atoms with Crippen molar-refractivity contribution in [3.63, 3.8) is 0 Å². The van der Waals surface area contributed by atoms with Crippen molar-refractivity contribution >= 4 is 5.97 Å². The lowest BCUT2D eigenvalue weighted by atomic mass is 9.83. The van der Waals surface area contributed by atoms with E-state index < -0.39 is 5.97 Å². The molecular weight excluding hydrogens is 142 g/mol. The van der Waals surface area contributed by atoms with E-state index in [0.29, 0.717) is 5.92 Å². The number of rotatable bonds is 1. The Bertz CT molecular complexity index is 148. The number of hydrogen-bond donors (Lipinski definition) is 2. The molecular formula is C8H15NO2. The van der Waals surface area contributed by atoms with E-state index in [2.05, 4.69) is 5.32 Å². The van der Waals surface area contributed by atoms with Gasteiger partial charge in [0.25, 0.3) is 0 Å². The van der Waals surface area contributed by atoms with Crippen LogP contribution in [-0.4, -0.2) is 23.7 Å². The molecule has 0 saturated carbocycles. The second-order valence-electron chi connectivity index (χ2n) is 3.37. The standard InChI is InChI=1S/C8H15NO2/c1-5-3-4-9-6(2)7(5)8(10)11/h5-7,9H,3-4H2,1-2H3,(H,10,11)/t5-,6-,7-/m1/s1. The average Bonchev–Trinajstić information content (AvgIpc) is 1.85. The number of carbonyl (C=O) groups is 1. The Labute approximate surface area is 66.8 Å². The van der Waals surface area contributed by atoms with E-state index in [-0.39, 0.29) is 12.0 Å². The molecule has 0 aliphatic carbocycles. The van der Waals surface area contributed by atoms with Crippen LogP contribution in [0, 0.1) is 11.8 Å². The zero-order chi connectivity index (χ0) is 8.43. The van der Waals surface area contributed by atoms with Crippen molar-refractivity contribution in [1.29, 1.82) is 0 Å². The summed E-state index contributed by atoms with van der Waals surface area (Å²) in [6, 6.07) is 0.122. The molecule has 11 heavy (non-hydrogen) atoms. The Balaban J connectivity index is 2.62. The van der Waals surface area contributed by atoms with Crippen molar-refractivity contribution in [2.24, 2.45) is 11.8 Å². The number of aliphatic carboxylic acids is 1. The zero-order valence-corrected chi connectivity index (χ0v) is 7.00. The van der Waals surface area contributed by atoms with E-state index in [9.17, 15) is 4.79 Å². The molecule has 1 rings (SSSR count). The highest BCUT2D eigenvalue weighted by atomic mass is 16.4. The Morgan fingerprint density at radius 2 is 2.18 bits per heavy atom. The summed E-state index contributed by atoms with van der Waals surface area (Å²) < 4.78 is 0. The fourth-order valence-corrected chi connectivity index (χ4v) is 1.80.